The van der Waals surface area contributed by atoms with E-state index in [-0.39, 0.29) is 17.4 Å². The lowest BCUT2D eigenvalue weighted by atomic mass is 9.93. The number of carbonyl (C=O) groups excluding carboxylic acids is 1. The Bertz CT molecular complexity index is 432. The topological polar surface area (TPSA) is 56.0 Å². The number of nitrogens with two attached hydrogens (primary N) is 1. The predicted molar refractivity (Wildman–Crippen MR) is 86.2 cm³/mol. The SMILES string of the molecule is CC(N)CCCC(C)C(=O)Cc1nc(C(C)(C)C)cs1. The van der Waals surface area contributed by atoms with E-state index in [1.807, 2.05) is 13.8 Å². The van der Waals surface area contributed by atoms with Crippen molar-refractivity contribution >= 4 is 17.1 Å². The van der Waals surface area contributed by atoms with Gasteiger partial charge in [0, 0.05) is 22.8 Å². The Morgan fingerprint density at radius 2 is 2.00 bits per heavy atom. The first-order chi connectivity index (χ1) is 9.20. The summed E-state index contributed by atoms with van der Waals surface area (Å²) in [5.74, 6) is 0.403. The van der Waals surface area contributed by atoms with Gasteiger partial charge >= 0.3 is 0 Å². The summed E-state index contributed by atoms with van der Waals surface area (Å²) < 4.78 is 0. The molecule has 0 spiro atoms. The smallest absolute Gasteiger partial charge is 0.142 e. The third-order valence-corrected chi connectivity index (χ3v) is 4.34. The van der Waals surface area contributed by atoms with Crippen LogP contribution in [0.1, 0.15) is 64.6 Å². The Kier molecular flexibility index (Phi) is 6.34. The quantitative estimate of drug-likeness (QED) is 0.834. The second-order valence-corrected chi connectivity index (χ2v) is 7.77. The van der Waals surface area contributed by atoms with Crippen LogP contribution in [0.25, 0.3) is 0 Å². The molecule has 0 aliphatic carbocycles. The molecule has 0 bridgehead atoms. The molecule has 20 heavy (non-hydrogen) atoms. The van der Waals surface area contributed by atoms with E-state index < -0.39 is 0 Å². The maximum atomic E-state index is 12.2. The molecule has 1 heterocycles. The molecule has 0 radical (unpaired) electrons. The maximum Gasteiger partial charge on any atom is 0.142 e. The fourth-order valence-corrected chi connectivity index (χ4v) is 3.00. The predicted octanol–water partition coefficient (Wildman–Crippen LogP) is 3.71. The Morgan fingerprint density at radius 1 is 1.35 bits per heavy atom. The molecular weight excluding hydrogens is 268 g/mol. The molecule has 0 fully saturated rings. The van der Waals surface area contributed by atoms with Gasteiger partial charge in [0.2, 0.25) is 0 Å². The molecule has 4 heteroatoms. The van der Waals surface area contributed by atoms with Gasteiger partial charge in [0.1, 0.15) is 10.8 Å². The average Bonchev–Trinajstić information content (AvgIpc) is 2.76. The van der Waals surface area contributed by atoms with Crippen LogP contribution in [-0.4, -0.2) is 16.8 Å². The highest BCUT2D eigenvalue weighted by atomic mass is 32.1. The molecule has 2 unspecified atom stereocenters. The van der Waals surface area contributed by atoms with Gasteiger partial charge in [-0.3, -0.25) is 4.79 Å². The number of Topliss-reactive ketones (excluding diaryl/α,β-unsaturated/α-hetero) is 1. The van der Waals surface area contributed by atoms with E-state index >= 15 is 0 Å². The molecule has 2 atom stereocenters. The van der Waals surface area contributed by atoms with Gasteiger partial charge in [-0.05, 0) is 19.8 Å². The lowest BCUT2D eigenvalue weighted by Crippen LogP contribution is -2.17. The van der Waals surface area contributed by atoms with E-state index in [4.69, 9.17) is 5.73 Å². The van der Waals surface area contributed by atoms with Gasteiger partial charge in [-0.2, -0.15) is 0 Å². The minimum Gasteiger partial charge on any atom is -0.328 e. The van der Waals surface area contributed by atoms with Crippen LogP contribution in [0.2, 0.25) is 0 Å². The summed E-state index contributed by atoms with van der Waals surface area (Å²) in [6.45, 7) is 10.5. The third-order valence-electron chi connectivity index (χ3n) is 3.49. The molecule has 1 rings (SSSR count). The molecule has 0 amide bonds. The highest BCUT2D eigenvalue weighted by Gasteiger charge is 2.20. The Morgan fingerprint density at radius 3 is 2.50 bits per heavy atom. The molecule has 0 aliphatic heterocycles. The normalized spacial score (nSPS) is 15.1. The summed E-state index contributed by atoms with van der Waals surface area (Å²) in [5.41, 5.74) is 6.86. The first-order valence-corrected chi connectivity index (χ1v) is 8.31. The number of hydrogen-bond donors (Lipinski definition) is 1. The number of aromatic nitrogens is 1. The van der Waals surface area contributed by atoms with E-state index in [0.29, 0.717) is 12.2 Å². The fraction of sp³-hybridized carbons (Fsp3) is 0.750. The highest BCUT2D eigenvalue weighted by molar-refractivity contribution is 7.09. The standard InChI is InChI=1S/C16H28N2OS/c1-11(7-6-8-12(2)17)13(19)9-15-18-14(10-20-15)16(3,4)5/h10-12H,6-9,17H2,1-5H3. The van der Waals surface area contributed by atoms with Crippen LogP contribution in [0, 0.1) is 5.92 Å². The summed E-state index contributed by atoms with van der Waals surface area (Å²) in [5, 5.41) is 3.02. The van der Waals surface area contributed by atoms with Crippen molar-refractivity contribution in [2.45, 2.75) is 71.8 Å². The zero-order chi connectivity index (χ0) is 15.3. The molecule has 1 aromatic heterocycles. The molecule has 114 valence electrons. The van der Waals surface area contributed by atoms with Crippen LogP contribution >= 0.6 is 11.3 Å². The van der Waals surface area contributed by atoms with Gasteiger partial charge in [0.25, 0.3) is 0 Å². The lowest BCUT2D eigenvalue weighted by Gasteiger charge is -2.14. The van der Waals surface area contributed by atoms with Gasteiger partial charge in [0.15, 0.2) is 0 Å². The molecule has 2 N–H and O–H groups in total. The van der Waals surface area contributed by atoms with Crippen molar-refractivity contribution in [2.24, 2.45) is 11.7 Å². The van der Waals surface area contributed by atoms with Crippen molar-refractivity contribution in [3.05, 3.63) is 16.1 Å². The third kappa shape index (κ3) is 5.71. The molecule has 0 saturated heterocycles. The Hall–Kier alpha value is -0.740. The molecule has 0 aromatic carbocycles. The fourth-order valence-electron chi connectivity index (χ4n) is 1.97. The summed E-state index contributed by atoms with van der Waals surface area (Å²) in [7, 11) is 0. The van der Waals surface area contributed by atoms with Crippen molar-refractivity contribution in [1.29, 1.82) is 0 Å². The van der Waals surface area contributed by atoms with Gasteiger partial charge in [0.05, 0.1) is 12.1 Å². The van der Waals surface area contributed by atoms with Crippen molar-refractivity contribution in [3.8, 4) is 0 Å². The second-order valence-electron chi connectivity index (χ2n) is 6.83. The maximum absolute atomic E-state index is 12.2. The van der Waals surface area contributed by atoms with Crippen LogP contribution in [0.5, 0.6) is 0 Å². The van der Waals surface area contributed by atoms with E-state index in [2.05, 4.69) is 31.1 Å². The van der Waals surface area contributed by atoms with Crippen LogP contribution in [0.4, 0.5) is 0 Å². The highest BCUT2D eigenvalue weighted by Crippen LogP contribution is 2.24. The van der Waals surface area contributed by atoms with Gasteiger partial charge < -0.3 is 5.73 Å². The Balaban J connectivity index is 2.47. The zero-order valence-electron chi connectivity index (χ0n) is 13.4. The number of hydrogen-bond acceptors (Lipinski definition) is 4. The second kappa shape index (κ2) is 7.32. The Labute approximate surface area is 127 Å². The number of carbonyl (C=O) groups is 1. The molecule has 3 nitrogen and oxygen atoms in total. The van der Waals surface area contributed by atoms with Gasteiger partial charge in [-0.1, -0.05) is 34.1 Å². The van der Waals surface area contributed by atoms with Crippen LogP contribution in [0.15, 0.2) is 5.38 Å². The average molecular weight is 296 g/mol. The van der Waals surface area contributed by atoms with E-state index in [1.165, 1.54) is 0 Å². The van der Waals surface area contributed by atoms with Crippen LogP contribution < -0.4 is 5.73 Å². The molecule has 0 saturated carbocycles. The summed E-state index contributed by atoms with van der Waals surface area (Å²) in [6.07, 6.45) is 3.41. The molecular formula is C16H28N2OS. The van der Waals surface area contributed by atoms with Crippen molar-refractivity contribution < 1.29 is 4.79 Å². The van der Waals surface area contributed by atoms with E-state index in [1.54, 1.807) is 11.3 Å². The summed E-state index contributed by atoms with van der Waals surface area (Å²) in [4.78, 5) is 16.8. The van der Waals surface area contributed by atoms with Crippen LogP contribution in [-0.2, 0) is 16.6 Å². The molecule has 0 aliphatic rings. The van der Waals surface area contributed by atoms with Crippen LogP contribution in [0.3, 0.4) is 0 Å². The van der Waals surface area contributed by atoms with Crippen molar-refractivity contribution in [1.82, 2.24) is 4.98 Å². The van der Waals surface area contributed by atoms with Crippen molar-refractivity contribution in [2.75, 3.05) is 0 Å². The van der Waals surface area contributed by atoms with E-state index in [9.17, 15) is 4.79 Å². The minimum atomic E-state index is 0.0562. The van der Waals surface area contributed by atoms with E-state index in [0.717, 1.165) is 30.0 Å². The first kappa shape index (κ1) is 17.3. The monoisotopic (exact) mass is 296 g/mol. The van der Waals surface area contributed by atoms with Gasteiger partial charge in [-0.15, -0.1) is 11.3 Å². The number of ketones is 1. The summed E-state index contributed by atoms with van der Waals surface area (Å²) >= 11 is 1.60. The lowest BCUT2D eigenvalue weighted by molar-refractivity contribution is -0.121. The first-order valence-electron chi connectivity index (χ1n) is 7.43. The number of thiazole rings is 1. The molecule has 1 aromatic rings. The van der Waals surface area contributed by atoms with Crippen molar-refractivity contribution in [3.63, 3.8) is 0 Å². The number of nitrogens with zero attached hydrogens (tertiary/aromatic N) is 1. The minimum absolute atomic E-state index is 0.0562. The largest absolute Gasteiger partial charge is 0.328 e. The number of rotatable bonds is 7. The zero-order valence-corrected chi connectivity index (χ0v) is 14.2. The summed E-state index contributed by atoms with van der Waals surface area (Å²) in [6, 6.07) is 0.227. The van der Waals surface area contributed by atoms with Gasteiger partial charge in [-0.25, -0.2) is 4.98 Å².